The van der Waals surface area contributed by atoms with Crippen LogP contribution in [0.5, 0.6) is 0 Å². The Kier molecular flexibility index (Phi) is 34.4. The summed E-state index contributed by atoms with van der Waals surface area (Å²) >= 11 is 31.4. The highest BCUT2D eigenvalue weighted by atomic mass is 35.5. The Morgan fingerprint density at radius 1 is 0.319 bits per heavy atom. The van der Waals surface area contributed by atoms with Crippen molar-refractivity contribution >= 4 is 174 Å². The van der Waals surface area contributed by atoms with Crippen molar-refractivity contribution < 1.29 is 69.1 Å². The fourth-order valence-electron chi connectivity index (χ4n) is 15.6. The third kappa shape index (κ3) is 29.3. The minimum absolute atomic E-state index is 0.0114. The number of carbonyl (C=O) groups excluding carboxylic acids is 8. The van der Waals surface area contributed by atoms with Crippen molar-refractivity contribution in [1.29, 1.82) is 0 Å². The van der Waals surface area contributed by atoms with Crippen LogP contribution in [-0.2, 0) is 57.2 Å². The van der Waals surface area contributed by atoms with Gasteiger partial charge < -0.3 is 63.8 Å². The van der Waals surface area contributed by atoms with Crippen molar-refractivity contribution in [1.82, 2.24) is 21.3 Å². The van der Waals surface area contributed by atoms with E-state index < -0.39 is 65.0 Å². The highest BCUT2D eigenvalue weighted by Gasteiger charge is 2.39. The van der Waals surface area contributed by atoms with Crippen LogP contribution in [0.15, 0.2) is 287 Å². The number of carbonyl (C=O) groups is 8. The van der Waals surface area contributed by atoms with Gasteiger partial charge >= 0.3 is 36.5 Å². The summed E-state index contributed by atoms with van der Waals surface area (Å²) in [4.78, 5) is 120. The van der Waals surface area contributed by atoms with Crippen LogP contribution < -0.4 is 63.8 Å². The van der Waals surface area contributed by atoms with Crippen LogP contribution in [0.1, 0.15) is 147 Å². The maximum absolute atomic E-state index is 14.3. The Bertz CT molecular complexity index is 6950. The Labute approximate surface area is 851 Å². The van der Waals surface area contributed by atoms with E-state index in [9.17, 15) is 69.1 Å². The number of nitrogens with one attached hydrogen (secondary N) is 12. The van der Waals surface area contributed by atoms with E-state index in [4.69, 9.17) is 68.0 Å². The summed E-state index contributed by atoms with van der Waals surface area (Å²) in [6.07, 6.45) is -9.17. The molecule has 144 heavy (non-hydrogen) atoms. The number of nitrogens with zero attached hydrogens (tertiary/aromatic N) is 4. The normalized spacial score (nSPS) is 15.4. The van der Waals surface area contributed by atoms with Crippen LogP contribution in [0.2, 0.25) is 25.1 Å². The van der Waals surface area contributed by atoms with Crippen molar-refractivity contribution in [2.24, 2.45) is 20.0 Å². The molecule has 4 atom stereocenters. The quantitative estimate of drug-likeness (QED) is 0.0366. The summed E-state index contributed by atoms with van der Waals surface area (Å²) in [5, 5.41) is 36.1. The number of rotatable bonds is 18. The molecule has 0 saturated heterocycles. The summed E-state index contributed by atoms with van der Waals surface area (Å²) in [6, 6.07) is 67.2. The molecule has 0 spiro atoms. The number of urea groups is 4. The molecule has 0 bridgehead atoms. The monoisotopic (exact) mass is 2060 g/mol. The lowest BCUT2D eigenvalue weighted by Crippen LogP contribution is -2.43. The lowest BCUT2D eigenvalue weighted by molar-refractivity contribution is -0.139. The molecule has 4 aliphatic rings. The molecule has 4 unspecified atom stereocenters. The summed E-state index contributed by atoms with van der Waals surface area (Å²) in [6.45, 7) is 18.8. The lowest BCUT2D eigenvalue weighted by atomic mass is 9.98. The molecule has 4 heterocycles. The maximum atomic E-state index is 14.3. The van der Waals surface area contributed by atoms with Gasteiger partial charge in [-0.3, -0.25) is 39.1 Å². The molecule has 36 heteroatoms. The van der Waals surface area contributed by atoms with Gasteiger partial charge in [0.15, 0.2) is 0 Å². The van der Waals surface area contributed by atoms with Gasteiger partial charge in [-0.25, -0.2) is 23.6 Å². The molecule has 0 aromatic heterocycles. The van der Waals surface area contributed by atoms with Crippen molar-refractivity contribution in [2.45, 2.75) is 155 Å². The van der Waals surface area contributed by atoms with Crippen molar-refractivity contribution in [2.75, 3.05) is 42.5 Å². The zero-order valence-electron chi connectivity index (χ0n) is 79.3. The molecule has 16 rings (SSSR count). The topological polar surface area (TPSA) is 330 Å². The minimum atomic E-state index is -4.57. The fourth-order valence-corrected chi connectivity index (χ4v) is 16.5. The van der Waals surface area contributed by atoms with Crippen LogP contribution in [0, 0.1) is 5.82 Å². The second-order valence-electron chi connectivity index (χ2n) is 36.5. The molecule has 0 aliphatic carbocycles. The van der Waals surface area contributed by atoms with Gasteiger partial charge in [-0.15, -0.1) is 0 Å². The smallest absolute Gasteiger partial charge is 0.336 e. The predicted octanol–water partition coefficient (Wildman–Crippen LogP) is 24.7. The van der Waals surface area contributed by atoms with E-state index in [1.54, 1.807) is 170 Å². The number of alkyl halides is 6. The Hall–Kier alpha value is -14.8. The molecule has 0 radical (unpaired) electrons. The van der Waals surface area contributed by atoms with E-state index in [-0.39, 0.29) is 89.8 Å². The number of hydrogen-bond donors (Lipinski definition) is 12. The van der Waals surface area contributed by atoms with Crippen LogP contribution in [0.25, 0.3) is 0 Å². The van der Waals surface area contributed by atoms with Gasteiger partial charge in [0, 0.05) is 141 Å². The summed E-state index contributed by atoms with van der Waals surface area (Å²) in [5.41, 5.74) is 10.3. The van der Waals surface area contributed by atoms with E-state index in [2.05, 4.69) is 73.8 Å². The molecular weight excluding hydrogens is 1960 g/mol. The summed E-state index contributed by atoms with van der Waals surface area (Å²) in [5.74, 6) is -1.99. The molecule has 12 amide bonds. The van der Waals surface area contributed by atoms with Crippen LogP contribution in [0.4, 0.5) is 95.4 Å². The predicted molar refractivity (Wildman–Crippen MR) is 558 cm³/mol. The first-order valence-electron chi connectivity index (χ1n) is 45.5. The van der Waals surface area contributed by atoms with Gasteiger partial charge in [-0.1, -0.05) is 179 Å². The van der Waals surface area contributed by atoms with E-state index in [1.807, 2.05) is 112 Å². The van der Waals surface area contributed by atoms with Gasteiger partial charge in [0.25, 0.3) is 0 Å². The number of anilines is 8. The van der Waals surface area contributed by atoms with Gasteiger partial charge in [0.2, 0.25) is 23.6 Å². The molecule has 4 aliphatic heterocycles. The molecule has 0 saturated carbocycles. The van der Waals surface area contributed by atoms with E-state index in [1.165, 1.54) is 42.5 Å². The molecule has 0 fully saturated rings. The Morgan fingerprint density at radius 2 is 0.562 bits per heavy atom. The van der Waals surface area contributed by atoms with Gasteiger partial charge in [0.1, 0.15) is 30.0 Å². The second kappa shape index (κ2) is 46.5. The van der Waals surface area contributed by atoms with Crippen LogP contribution in [0.3, 0.4) is 0 Å². The first kappa shape index (κ1) is 107. The lowest BCUT2D eigenvalue weighted by Gasteiger charge is -2.20. The maximum Gasteiger partial charge on any atom is 0.416 e. The average molecular weight is 2060 g/mol. The third-order valence-corrected chi connectivity index (χ3v) is 23.3. The van der Waals surface area contributed by atoms with Gasteiger partial charge in [0.05, 0.1) is 56.7 Å². The first-order chi connectivity index (χ1) is 68.2. The second-order valence-corrected chi connectivity index (χ2v) is 38.6. The number of benzodiazepines with no additional fused rings is 4. The molecule has 12 N–H and O–H groups in total. The van der Waals surface area contributed by atoms with Crippen molar-refractivity contribution in [3.05, 3.63) is 376 Å². The van der Waals surface area contributed by atoms with Gasteiger partial charge in [-0.2, -0.15) is 26.3 Å². The SMILES string of the molecule is CC(C)(C)NC(=O)Nc1ccc(C2=NC(Cc3ccccc3C(F)(F)F)C(=O)Nc3ccc(Cl)cc32)cc1.CC(C)(C)NC(=O)Nc1ccc(C2=NC(Cc3ccccc3Cl)C(=O)Nc3ccc(Cl)cc32)cc1.CC(C)NC(=O)Nc1ccc(C2=NC(Cc3ccccc3C(F)(F)F)C(=O)Nc3ccc(Cl)cc32)cc1.CC(C)NC(=O)Nc1ccc(C2=NC(Cc3ccccc3F)C(=O)Nc3ccc(Cl)cc32)cc1. The summed E-state index contributed by atoms with van der Waals surface area (Å²) < 4.78 is 95.9. The highest BCUT2D eigenvalue weighted by Crippen LogP contribution is 2.39. The third-order valence-electron chi connectivity index (χ3n) is 22.0. The highest BCUT2D eigenvalue weighted by molar-refractivity contribution is 6.34. The van der Waals surface area contributed by atoms with Crippen molar-refractivity contribution in [3.63, 3.8) is 0 Å². The van der Waals surface area contributed by atoms with E-state index in [0.717, 1.165) is 34.4 Å². The van der Waals surface area contributed by atoms with Crippen LogP contribution >= 0.6 is 58.0 Å². The zero-order valence-corrected chi connectivity index (χ0v) is 83.1. The first-order valence-corrected chi connectivity index (χ1v) is 47.4. The van der Waals surface area contributed by atoms with Gasteiger partial charge in [-0.05, 0) is 237 Å². The number of aliphatic imine (C=N–C) groups is 4. The van der Waals surface area contributed by atoms with E-state index >= 15 is 0 Å². The zero-order chi connectivity index (χ0) is 104. The average Bonchev–Trinajstić information content (AvgIpc) is 1.57. The molecular formula is C108H100Cl5F7N16O8. The number of amides is 12. The number of hydrogen-bond acceptors (Lipinski definition) is 12. The largest absolute Gasteiger partial charge is 0.416 e. The summed E-state index contributed by atoms with van der Waals surface area (Å²) in [7, 11) is 0. The van der Waals surface area contributed by atoms with E-state index in [0.29, 0.717) is 133 Å². The molecule has 744 valence electrons. The molecule has 12 aromatic rings. The van der Waals surface area contributed by atoms with Crippen molar-refractivity contribution in [3.8, 4) is 0 Å². The standard InChI is InChI=1S/C28H26ClF3N4O2.C27H26Cl2N4O2.C27H24ClF3N4O2.C26H24ClFN4O2/c1-27(2,3)36-26(38)33-19-11-8-16(9-12-19)24-20-15-18(29)10-13-22(20)35-25(37)23(34-24)14-17-6-4-5-7-21(17)28(30,31)32;1-27(2,3)33-26(35)30-19-11-8-16(9-12-19)24-20-15-18(28)10-13-22(20)32-25(34)23(31-24)14-17-6-4-5-7-21(17)29;1-15(2)32-26(37)33-19-10-7-16(8-11-19)24-20-14-18(28)9-12-22(20)35-25(36)23(34-24)13-17-5-3-4-6-21(17)27(29,30)31;1-15(2)29-26(34)30-19-10-7-16(8-11-19)24-20-14-18(27)9-12-22(20)32-25(33)23(31-24)13-17-5-3-4-6-21(17)28/h4-13,15,23H,14H2,1-3H3,(H,35,37)(H2,33,36,38);4-13,15,23H,14H2,1-3H3,(H,32,34)(H2,30,33,35);3-12,14-15,23H,13H2,1-2H3,(H,35,36)(H2,32,33,37);3-12,14-15,23H,13H2,1-2H3,(H,32,33)(H2,29,30,34). The van der Waals surface area contributed by atoms with Crippen LogP contribution in [-0.4, -0.2) is 118 Å². The Balaban J connectivity index is 0.000000161. The number of benzene rings is 12. The number of halogens is 12. The molecule has 24 nitrogen and oxygen atoms in total. The minimum Gasteiger partial charge on any atom is -0.336 e. The Morgan fingerprint density at radius 3 is 0.826 bits per heavy atom. The number of fused-ring (bicyclic) bond motifs is 4. The molecule has 12 aromatic carbocycles. The fraction of sp³-hybridized carbons (Fsp3) is 0.222.